The number of benzene rings is 2. The third-order valence-electron chi connectivity index (χ3n) is 5.47. The van der Waals surface area contributed by atoms with Gasteiger partial charge in [-0.15, -0.1) is 0 Å². The summed E-state index contributed by atoms with van der Waals surface area (Å²) in [6.45, 7) is 7.30. The Morgan fingerprint density at radius 3 is 2.25 bits per heavy atom. The van der Waals surface area contributed by atoms with Gasteiger partial charge in [-0.1, -0.05) is 25.1 Å². The Bertz CT molecular complexity index is 946. The van der Waals surface area contributed by atoms with Gasteiger partial charge in [0.25, 0.3) is 5.91 Å². The predicted molar refractivity (Wildman–Crippen MR) is 111 cm³/mol. The predicted octanol–water partition coefficient (Wildman–Crippen LogP) is 3.97. The van der Waals surface area contributed by atoms with Gasteiger partial charge in [0.05, 0.1) is 10.9 Å². The zero-order chi connectivity index (χ0) is 20.3. The molecule has 3 rings (SSSR count). The van der Waals surface area contributed by atoms with Crippen molar-refractivity contribution in [3.05, 3.63) is 64.7 Å². The molecule has 1 atom stereocenters. The molecule has 150 valence electrons. The molecule has 0 aromatic heterocycles. The van der Waals surface area contributed by atoms with Crippen LogP contribution in [-0.2, 0) is 10.0 Å². The lowest BCUT2D eigenvalue weighted by molar-refractivity contribution is 0.0935. The highest BCUT2D eigenvalue weighted by Crippen LogP contribution is 2.23. The molecule has 1 N–H and O–H groups in total. The van der Waals surface area contributed by atoms with Crippen molar-refractivity contribution in [3.8, 4) is 0 Å². The van der Waals surface area contributed by atoms with Crippen molar-refractivity contribution < 1.29 is 13.2 Å². The summed E-state index contributed by atoms with van der Waals surface area (Å²) in [4.78, 5) is 12.9. The van der Waals surface area contributed by atoms with E-state index in [0.29, 0.717) is 18.7 Å². The van der Waals surface area contributed by atoms with Crippen LogP contribution in [0.2, 0.25) is 0 Å². The SMILES string of the molecule is CCC(NC(=O)c1ccc(S(=O)(=O)N2CCCC2)cc1)c1ccc(C)c(C)c1. The van der Waals surface area contributed by atoms with Crippen molar-refractivity contribution in [2.75, 3.05) is 13.1 Å². The Morgan fingerprint density at radius 2 is 1.68 bits per heavy atom. The van der Waals surface area contributed by atoms with E-state index in [2.05, 4.69) is 31.3 Å². The van der Waals surface area contributed by atoms with Crippen molar-refractivity contribution in [1.82, 2.24) is 9.62 Å². The summed E-state index contributed by atoms with van der Waals surface area (Å²) in [7, 11) is -3.46. The lowest BCUT2D eigenvalue weighted by Gasteiger charge is -2.19. The Labute approximate surface area is 167 Å². The third kappa shape index (κ3) is 4.28. The van der Waals surface area contributed by atoms with E-state index in [9.17, 15) is 13.2 Å². The first-order chi connectivity index (χ1) is 13.3. The number of amides is 1. The van der Waals surface area contributed by atoms with E-state index in [1.54, 1.807) is 12.1 Å². The number of hydrogen-bond acceptors (Lipinski definition) is 3. The van der Waals surface area contributed by atoms with E-state index < -0.39 is 10.0 Å². The van der Waals surface area contributed by atoms with Gasteiger partial charge in [-0.3, -0.25) is 4.79 Å². The minimum atomic E-state index is -3.46. The second-order valence-corrected chi connectivity index (χ2v) is 9.35. The zero-order valence-corrected chi connectivity index (χ0v) is 17.6. The molecule has 2 aromatic rings. The van der Waals surface area contributed by atoms with Gasteiger partial charge < -0.3 is 5.32 Å². The van der Waals surface area contributed by atoms with Gasteiger partial charge in [0.1, 0.15) is 0 Å². The molecule has 1 unspecified atom stereocenters. The van der Waals surface area contributed by atoms with Crippen molar-refractivity contribution in [1.29, 1.82) is 0 Å². The largest absolute Gasteiger partial charge is 0.345 e. The second-order valence-electron chi connectivity index (χ2n) is 7.41. The number of rotatable bonds is 6. The van der Waals surface area contributed by atoms with Gasteiger partial charge >= 0.3 is 0 Å². The molecule has 0 radical (unpaired) electrons. The average Bonchev–Trinajstić information content (AvgIpc) is 3.24. The van der Waals surface area contributed by atoms with Crippen LogP contribution in [-0.4, -0.2) is 31.7 Å². The van der Waals surface area contributed by atoms with Gasteiger partial charge in [0, 0.05) is 18.7 Å². The van der Waals surface area contributed by atoms with Crippen molar-refractivity contribution in [2.24, 2.45) is 0 Å². The monoisotopic (exact) mass is 400 g/mol. The Kier molecular flexibility index (Phi) is 6.20. The van der Waals surface area contributed by atoms with Gasteiger partial charge in [0.2, 0.25) is 10.0 Å². The van der Waals surface area contributed by atoms with Crippen LogP contribution in [0.4, 0.5) is 0 Å². The zero-order valence-electron chi connectivity index (χ0n) is 16.7. The fourth-order valence-electron chi connectivity index (χ4n) is 3.50. The Morgan fingerprint density at radius 1 is 1.04 bits per heavy atom. The number of sulfonamides is 1. The van der Waals surface area contributed by atoms with Gasteiger partial charge in [-0.2, -0.15) is 4.31 Å². The van der Waals surface area contributed by atoms with E-state index >= 15 is 0 Å². The molecule has 0 aliphatic carbocycles. The lowest BCUT2D eigenvalue weighted by Crippen LogP contribution is -2.29. The number of carbonyl (C=O) groups excluding carboxylic acids is 1. The molecule has 1 amide bonds. The molecule has 5 nitrogen and oxygen atoms in total. The Balaban J connectivity index is 1.74. The van der Waals surface area contributed by atoms with Crippen LogP contribution in [0.15, 0.2) is 47.4 Å². The first-order valence-corrected chi connectivity index (χ1v) is 11.2. The average molecular weight is 401 g/mol. The van der Waals surface area contributed by atoms with Crippen LogP contribution >= 0.6 is 0 Å². The molecule has 1 fully saturated rings. The summed E-state index contributed by atoms with van der Waals surface area (Å²) >= 11 is 0. The molecule has 1 aliphatic rings. The van der Waals surface area contributed by atoms with E-state index in [1.165, 1.54) is 27.6 Å². The fourth-order valence-corrected chi connectivity index (χ4v) is 5.02. The summed E-state index contributed by atoms with van der Waals surface area (Å²) in [5.41, 5.74) is 3.95. The molecule has 6 heteroatoms. The van der Waals surface area contributed by atoms with Gasteiger partial charge in [0.15, 0.2) is 0 Å². The highest BCUT2D eigenvalue weighted by Gasteiger charge is 2.27. The maximum absolute atomic E-state index is 12.7. The number of hydrogen-bond donors (Lipinski definition) is 1. The normalized spacial score (nSPS) is 16.1. The van der Waals surface area contributed by atoms with Crippen LogP contribution in [0.25, 0.3) is 0 Å². The number of nitrogens with zero attached hydrogens (tertiary/aromatic N) is 1. The van der Waals surface area contributed by atoms with E-state index in [4.69, 9.17) is 0 Å². The van der Waals surface area contributed by atoms with Crippen molar-refractivity contribution in [3.63, 3.8) is 0 Å². The van der Waals surface area contributed by atoms with Gasteiger partial charge in [-0.05, 0) is 74.1 Å². The van der Waals surface area contributed by atoms with Crippen LogP contribution in [0.5, 0.6) is 0 Å². The molecule has 1 aliphatic heterocycles. The van der Waals surface area contributed by atoms with E-state index in [1.807, 2.05) is 13.0 Å². The smallest absolute Gasteiger partial charge is 0.251 e. The molecule has 1 heterocycles. The van der Waals surface area contributed by atoms with Gasteiger partial charge in [-0.25, -0.2) is 8.42 Å². The van der Waals surface area contributed by atoms with E-state index in [0.717, 1.165) is 24.8 Å². The van der Waals surface area contributed by atoms with Crippen molar-refractivity contribution >= 4 is 15.9 Å². The summed E-state index contributed by atoms with van der Waals surface area (Å²) in [6.07, 6.45) is 2.57. The molecule has 28 heavy (non-hydrogen) atoms. The Hall–Kier alpha value is -2.18. The molecule has 0 bridgehead atoms. The second kappa shape index (κ2) is 8.45. The quantitative estimate of drug-likeness (QED) is 0.798. The summed E-state index contributed by atoms with van der Waals surface area (Å²) < 4.78 is 26.7. The molecule has 0 saturated carbocycles. The van der Waals surface area contributed by atoms with E-state index in [-0.39, 0.29) is 16.8 Å². The minimum Gasteiger partial charge on any atom is -0.345 e. The molecule has 2 aromatic carbocycles. The highest BCUT2D eigenvalue weighted by molar-refractivity contribution is 7.89. The molecular formula is C22H28N2O3S. The summed E-state index contributed by atoms with van der Waals surface area (Å²) in [5, 5.41) is 3.06. The van der Waals surface area contributed by atoms with Crippen LogP contribution in [0.3, 0.4) is 0 Å². The minimum absolute atomic E-state index is 0.0835. The summed E-state index contributed by atoms with van der Waals surface area (Å²) in [5.74, 6) is -0.199. The van der Waals surface area contributed by atoms with Crippen LogP contribution in [0.1, 0.15) is 59.3 Å². The third-order valence-corrected chi connectivity index (χ3v) is 7.38. The number of aryl methyl sites for hydroxylation is 2. The molecule has 0 spiro atoms. The number of nitrogens with one attached hydrogen (secondary N) is 1. The van der Waals surface area contributed by atoms with Crippen LogP contribution in [0, 0.1) is 13.8 Å². The lowest BCUT2D eigenvalue weighted by atomic mass is 9.99. The maximum Gasteiger partial charge on any atom is 0.251 e. The molecule has 1 saturated heterocycles. The standard InChI is InChI=1S/C22H28N2O3S/c1-4-21(19-8-7-16(2)17(3)15-19)23-22(25)18-9-11-20(12-10-18)28(26,27)24-13-5-6-14-24/h7-12,15,21H,4-6,13-14H2,1-3H3,(H,23,25). The van der Waals surface area contributed by atoms with Crippen LogP contribution < -0.4 is 5.32 Å². The summed E-state index contributed by atoms with van der Waals surface area (Å²) in [6, 6.07) is 12.4. The molecular weight excluding hydrogens is 372 g/mol. The first kappa shape index (κ1) is 20.6. The maximum atomic E-state index is 12.7. The topological polar surface area (TPSA) is 66.5 Å². The number of carbonyl (C=O) groups is 1. The fraction of sp³-hybridized carbons (Fsp3) is 0.409. The van der Waals surface area contributed by atoms with Crippen molar-refractivity contribution in [2.45, 2.75) is 51.0 Å². The highest BCUT2D eigenvalue weighted by atomic mass is 32.2. The first-order valence-electron chi connectivity index (χ1n) is 9.81.